The highest BCUT2D eigenvalue weighted by Gasteiger charge is 2.30. The Morgan fingerprint density at radius 1 is 1.26 bits per heavy atom. The second-order valence-corrected chi connectivity index (χ2v) is 6.57. The van der Waals surface area contributed by atoms with Crippen molar-refractivity contribution in [2.75, 3.05) is 46.3 Å². The van der Waals surface area contributed by atoms with Crippen molar-refractivity contribution in [1.82, 2.24) is 5.32 Å². The van der Waals surface area contributed by atoms with Gasteiger partial charge in [-0.05, 0) is 19.1 Å². The molecule has 0 radical (unpaired) electrons. The van der Waals surface area contributed by atoms with Crippen molar-refractivity contribution >= 4 is 11.8 Å². The van der Waals surface area contributed by atoms with Crippen LogP contribution in [0.15, 0.2) is 0 Å². The van der Waals surface area contributed by atoms with Gasteiger partial charge in [0.2, 0.25) is 0 Å². The maximum atomic E-state index is 9.80. The summed E-state index contributed by atoms with van der Waals surface area (Å²) in [4.78, 5) is 0. The fourth-order valence-electron chi connectivity index (χ4n) is 2.54. The predicted octanol–water partition coefficient (Wildman–Crippen LogP) is 1.67. The van der Waals surface area contributed by atoms with Gasteiger partial charge in [0.1, 0.15) is 0 Å². The zero-order valence-electron chi connectivity index (χ0n) is 12.3. The van der Waals surface area contributed by atoms with Gasteiger partial charge in [0.15, 0.2) is 0 Å². The molecule has 1 saturated carbocycles. The fourth-order valence-corrected chi connectivity index (χ4v) is 3.48. The van der Waals surface area contributed by atoms with Crippen LogP contribution >= 0.6 is 11.8 Å². The number of thioether (sulfide) groups is 1. The van der Waals surface area contributed by atoms with Crippen molar-refractivity contribution in [2.24, 2.45) is 0 Å². The lowest BCUT2D eigenvalue weighted by Gasteiger charge is -2.36. The topological polar surface area (TPSA) is 50.7 Å². The van der Waals surface area contributed by atoms with Crippen molar-refractivity contribution in [3.63, 3.8) is 0 Å². The highest BCUT2D eigenvalue weighted by Crippen LogP contribution is 2.37. The van der Waals surface area contributed by atoms with Crippen molar-refractivity contribution in [2.45, 2.75) is 43.0 Å². The Kier molecular flexibility index (Phi) is 9.07. The third kappa shape index (κ3) is 6.95. The summed E-state index contributed by atoms with van der Waals surface area (Å²) in [6, 6.07) is 0. The van der Waals surface area contributed by atoms with E-state index in [0.717, 1.165) is 6.54 Å². The summed E-state index contributed by atoms with van der Waals surface area (Å²) in [5.41, 5.74) is 0. The number of rotatable bonds is 10. The smallest absolute Gasteiger partial charge is 0.0897 e. The molecule has 0 spiro atoms. The van der Waals surface area contributed by atoms with Gasteiger partial charge in [0.25, 0.3) is 0 Å². The molecule has 1 aliphatic carbocycles. The van der Waals surface area contributed by atoms with Gasteiger partial charge in [-0.3, -0.25) is 0 Å². The Morgan fingerprint density at radius 3 is 2.63 bits per heavy atom. The molecular weight excluding hydrogens is 262 g/mol. The molecule has 2 N–H and O–H groups in total. The van der Waals surface area contributed by atoms with Crippen molar-refractivity contribution < 1.29 is 14.6 Å². The largest absolute Gasteiger partial charge is 0.389 e. The Balaban J connectivity index is 2.10. The molecule has 0 aromatic heterocycles. The molecule has 4 nitrogen and oxygen atoms in total. The SMILES string of the molecule is COCCOCC(O)CNCC1(SC)CCCCC1. The number of ether oxygens (including phenoxy) is 2. The summed E-state index contributed by atoms with van der Waals surface area (Å²) in [6.45, 7) is 3.10. The van der Waals surface area contributed by atoms with E-state index in [1.807, 2.05) is 11.8 Å². The van der Waals surface area contributed by atoms with Crippen molar-refractivity contribution in [1.29, 1.82) is 0 Å². The monoisotopic (exact) mass is 291 g/mol. The second kappa shape index (κ2) is 10.00. The van der Waals surface area contributed by atoms with E-state index in [1.165, 1.54) is 32.1 Å². The van der Waals surface area contributed by atoms with Crippen LogP contribution < -0.4 is 5.32 Å². The minimum absolute atomic E-state index is 0.378. The summed E-state index contributed by atoms with van der Waals surface area (Å²) in [5, 5.41) is 13.2. The number of aliphatic hydroxyl groups excluding tert-OH is 1. The first kappa shape index (κ1) is 17.2. The van der Waals surface area contributed by atoms with Crippen molar-refractivity contribution in [3.05, 3.63) is 0 Å². The second-order valence-electron chi connectivity index (χ2n) is 5.30. The van der Waals surface area contributed by atoms with Crippen LogP contribution in [-0.4, -0.2) is 62.2 Å². The molecule has 0 amide bonds. The van der Waals surface area contributed by atoms with Crippen LogP contribution in [0, 0.1) is 0 Å². The zero-order chi connectivity index (χ0) is 14.0. The van der Waals surface area contributed by atoms with Gasteiger partial charge in [-0.1, -0.05) is 19.3 Å². The van der Waals surface area contributed by atoms with Gasteiger partial charge >= 0.3 is 0 Å². The van der Waals surface area contributed by atoms with Gasteiger partial charge in [-0.25, -0.2) is 0 Å². The third-order valence-electron chi connectivity index (χ3n) is 3.77. The number of nitrogens with one attached hydrogen (secondary N) is 1. The van der Waals surface area contributed by atoms with Crippen LogP contribution in [-0.2, 0) is 9.47 Å². The summed E-state index contributed by atoms with van der Waals surface area (Å²) in [5.74, 6) is 0. The van der Waals surface area contributed by atoms with Gasteiger partial charge in [-0.2, -0.15) is 11.8 Å². The van der Waals surface area contributed by atoms with Gasteiger partial charge in [0.05, 0.1) is 25.9 Å². The molecule has 0 saturated heterocycles. The minimum atomic E-state index is -0.431. The van der Waals surface area contributed by atoms with E-state index in [9.17, 15) is 5.11 Å². The molecule has 1 aliphatic rings. The maximum Gasteiger partial charge on any atom is 0.0897 e. The average Bonchev–Trinajstić information content (AvgIpc) is 2.45. The number of hydrogen-bond donors (Lipinski definition) is 2. The first-order valence-electron chi connectivity index (χ1n) is 7.23. The lowest BCUT2D eigenvalue weighted by atomic mass is 9.88. The average molecular weight is 291 g/mol. The Bertz CT molecular complexity index is 223. The van der Waals surface area contributed by atoms with Crippen LogP contribution in [0.5, 0.6) is 0 Å². The zero-order valence-corrected chi connectivity index (χ0v) is 13.1. The van der Waals surface area contributed by atoms with E-state index in [2.05, 4.69) is 11.6 Å². The van der Waals surface area contributed by atoms with E-state index >= 15 is 0 Å². The molecule has 0 heterocycles. The Labute approximate surface area is 121 Å². The van der Waals surface area contributed by atoms with Gasteiger partial charge in [0, 0.05) is 24.9 Å². The molecule has 5 heteroatoms. The van der Waals surface area contributed by atoms with Gasteiger partial charge < -0.3 is 19.9 Å². The van der Waals surface area contributed by atoms with E-state index < -0.39 is 6.10 Å². The summed E-state index contributed by atoms with van der Waals surface area (Å²) in [7, 11) is 1.65. The molecule has 1 unspecified atom stereocenters. The normalized spacial score (nSPS) is 20.4. The van der Waals surface area contributed by atoms with Crippen LogP contribution in [0.3, 0.4) is 0 Å². The molecule has 0 bridgehead atoms. The Morgan fingerprint density at radius 2 is 2.00 bits per heavy atom. The molecule has 19 heavy (non-hydrogen) atoms. The Hall–Kier alpha value is 0.190. The molecule has 0 aromatic rings. The number of methoxy groups -OCH3 is 1. The van der Waals surface area contributed by atoms with Crippen LogP contribution in [0.4, 0.5) is 0 Å². The standard InChI is InChI=1S/C14H29NO3S/c1-17-8-9-18-11-13(16)10-15-12-14(19-2)6-4-3-5-7-14/h13,15-16H,3-12H2,1-2H3. The van der Waals surface area contributed by atoms with E-state index in [1.54, 1.807) is 7.11 Å². The van der Waals surface area contributed by atoms with Gasteiger partial charge in [-0.15, -0.1) is 0 Å². The number of aliphatic hydroxyl groups is 1. The maximum absolute atomic E-state index is 9.80. The summed E-state index contributed by atoms with van der Waals surface area (Å²) in [6.07, 6.45) is 8.41. The highest BCUT2D eigenvalue weighted by molar-refractivity contribution is 8.00. The van der Waals surface area contributed by atoms with Crippen LogP contribution in [0.1, 0.15) is 32.1 Å². The summed E-state index contributed by atoms with van der Waals surface area (Å²) >= 11 is 1.98. The molecule has 1 atom stereocenters. The lowest BCUT2D eigenvalue weighted by Crippen LogP contribution is -2.42. The third-order valence-corrected chi connectivity index (χ3v) is 5.19. The lowest BCUT2D eigenvalue weighted by molar-refractivity contribution is 0.0136. The highest BCUT2D eigenvalue weighted by atomic mass is 32.2. The molecule has 0 aliphatic heterocycles. The van der Waals surface area contributed by atoms with Crippen LogP contribution in [0.2, 0.25) is 0 Å². The summed E-state index contributed by atoms with van der Waals surface area (Å²) < 4.78 is 10.6. The fraction of sp³-hybridized carbons (Fsp3) is 1.00. The van der Waals surface area contributed by atoms with E-state index in [0.29, 0.717) is 31.1 Å². The molecule has 114 valence electrons. The first-order chi connectivity index (χ1) is 9.22. The van der Waals surface area contributed by atoms with E-state index in [4.69, 9.17) is 9.47 Å². The molecule has 1 rings (SSSR count). The molecule has 1 fully saturated rings. The van der Waals surface area contributed by atoms with Crippen molar-refractivity contribution in [3.8, 4) is 0 Å². The molecular formula is C14H29NO3S. The van der Waals surface area contributed by atoms with Crippen LogP contribution in [0.25, 0.3) is 0 Å². The first-order valence-corrected chi connectivity index (χ1v) is 8.45. The minimum Gasteiger partial charge on any atom is -0.389 e. The van der Waals surface area contributed by atoms with E-state index in [-0.39, 0.29) is 0 Å². The predicted molar refractivity (Wildman–Crippen MR) is 80.9 cm³/mol. The molecule has 0 aromatic carbocycles. The quantitative estimate of drug-likeness (QED) is 0.600. The number of hydrogen-bond acceptors (Lipinski definition) is 5.